The van der Waals surface area contributed by atoms with Gasteiger partial charge in [-0.05, 0) is 37.0 Å². The van der Waals surface area contributed by atoms with Crippen molar-refractivity contribution < 1.29 is 9.53 Å². The van der Waals surface area contributed by atoms with E-state index in [1.54, 1.807) is 19.2 Å². The third-order valence-electron chi connectivity index (χ3n) is 6.29. The first kappa shape index (κ1) is 20.4. The van der Waals surface area contributed by atoms with Crippen LogP contribution in [0.5, 0.6) is 0 Å². The van der Waals surface area contributed by atoms with Gasteiger partial charge < -0.3 is 15.8 Å². The van der Waals surface area contributed by atoms with Crippen LogP contribution in [0.4, 0.5) is 0 Å². The van der Waals surface area contributed by atoms with Gasteiger partial charge >= 0.3 is 0 Å². The highest BCUT2D eigenvalue weighted by Crippen LogP contribution is 2.40. The molecule has 2 aromatic carbocycles. The molecule has 0 atom stereocenters. The number of imidazole rings is 1. The molecule has 162 valence electrons. The highest BCUT2D eigenvalue weighted by atomic mass is 16.5. The molecular weight excluding hydrogens is 400 g/mol. The molecule has 1 saturated carbocycles. The number of carbonyl (C=O) groups is 1. The van der Waals surface area contributed by atoms with Crippen molar-refractivity contribution >= 4 is 11.6 Å². The zero-order chi connectivity index (χ0) is 22.1. The van der Waals surface area contributed by atoms with Crippen molar-refractivity contribution in [1.82, 2.24) is 14.7 Å². The fourth-order valence-corrected chi connectivity index (χ4v) is 4.31. The van der Waals surface area contributed by atoms with Crippen LogP contribution in [0.1, 0.15) is 35.2 Å². The summed E-state index contributed by atoms with van der Waals surface area (Å²) in [5.41, 5.74) is 12.7. The zero-order valence-electron chi connectivity index (χ0n) is 18.0. The molecule has 0 aliphatic heterocycles. The minimum Gasteiger partial charge on any atom is -0.364 e. The summed E-state index contributed by atoms with van der Waals surface area (Å²) >= 11 is 0. The lowest BCUT2D eigenvalue weighted by molar-refractivity contribution is 0.0872. The Balaban J connectivity index is 1.61. The average Bonchev–Trinajstić information content (AvgIpc) is 3.20. The number of hydrogen-bond acceptors (Lipinski definition) is 4. The normalized spacial score (nSPS) is 14.8. The summed E-state index contributed by atoms with van der Waals surface area (Å²) in [6.07, 6.45) is 5.14. The molecule has 1 aliphatic rings. The SMILES string of the molecule is COCNC(=O)c1ccn2c(-c3ccccc3)c(-c3ccc(C4(N)CCC4)cc3)nc2c1. The van der Waals surface area contributed by atoms with Crippen molar-refractivity contribution in [2.45, 2.75) is 24.8 Å². The summed E-state index contributed by atoms with van der Waals surface area (Å²) in [7, 11) is 1.54. The second-order valence-electron chi connectivity index (χ2n) is 8.34. The molecule has 4 aromatic rings. The maximum atomic E-state index is 12.4. The van der Waals surface area contributed by atoms with Gasteiger partial charge in [-0.3, -0.25) is 9.20 Å². The minimum atomic E-state index is -0.196. The van der Waals surface area contributed by atoms with Gasteiger partial charge in [0.25, 0.3) is 5.91 Å². The van der Waals surface area contributed by atoms with E-state index in [0.29, 0.717) is 11.2 Å². The van der Waals surface area contributed by atoms with E-state index in [-0.39, 0.29) is 18.2 Å². The largest absolute Gasteiger partial charge is 0.364 e. The molecule has 0 bridgehead atoms. The molecular formula is C26H26N4O2. The van der Waals surface area contributed by atoms with Gasteiger partial charge in [-0.2, -0.15) is 0 Å². The van der Waals surface area contributed by atoms with Crippen LogP contribution in [-0.4, -0.2) is 29.1 Å². The smallest absolute Gasteiger partial charge is 0.253 e. The third-order valence-corrected chi connectivity index (χ3v) is 6.29. The number of carbonyl (C=O) groups excluding carboxylic acids is 1. The summed E-state index contributed by atoms with van der Waals surface area (Å²) in [4.78, 5) is 17.3. The first-order valence-corrected chi connectivity index (χ1v) is 10.8. The Morgan fingerprint density at radius 2 is 1.84 bits per heavy atom. The quantitative estimate of drug-likeness (QED) is 0.450. The highest BCUT2D eigenvalue weighted by Gasteiger charge is 2.34. The molecule has 6 heteroatoms. The lowest BCUT2D eigenvalue weighted by atomic mass is 9.72. The molecule has 6 nitrogen and oxygen atoms in total. The van der Waals surface area contributed by atoms with E-state index in [4.69, 9.17) is 15.5 Å². The van der Waals surface area contributed by atoms with Crippen LogP contribution in [0, 0.1) is 0 Å². The third kappa shape index (κ3) is 3.57. The topological polar surface area (TPSA) is 81.6 Å². The van der Waals surface area contributed by atoms with Gasteiger partial charge in [0.1, 0.15) is 12.4 Å². The van der Waals surface area contributed by atoms with Crippen LogP contribution in [0.15, 0.2) is 72.9 Å². The maximum absolute atomic E-state index is 12.4. The minimum absolute atomic E-state index is 0.161. The van der Waals surface area contributed by atoms with Crippen molar-refractivity contribution in [2.24, 2.45) is 5.73 Å². The molecule has 0 spiro atoms. The Morgan fingerprint density at radius 3 is 2.50 bits per heavy atom. The first-order valence-electron chi connectivity index (χ1n) is 10.8. The van der Waals surface area contributed by atoms with Crippen molar-refractivity contribution in [1.29, 1.82) is 0 Å². The van der Waals surface area contributed by atoms with Crippen molar-refractivity contribution in [2.75, 3.05) is 13.8 Å². The molecule has 2 aromatic heterocycles. The Hall–Kier alpha value is -3.48. The van der Waals surface area contributed by atoms with E-state index < -0.39 is 0 Å². The van der Waals surface area contributed by atoms with Gasteiger partial charge in [-0.1, -0.05) is 54.6 Å². The predicted octanol–water partition coefficient (Wildman–Crippen LogP) is 4.34. The van der Waals surface area contributed by atoms with Gasteiger partial charge in [0.2, 0.25) is 0 Å². The van der Waals surface area contributed by atoms with Gasteiger partial charge in [0.15, 0.2) is 0 Å². The molecule has 0 radical (unpaired) electrons. The molecule has 3 N–H and O–H groups in total. The van der Waals surface area contributed by atoms with Gasteiger partial charge in [-0.25, -0.2) is 4.98 Å². The molecule has 0 saturated heterocycles. The number of benzene rings is 2. The summed E-state index contributed by atoms with van der Waals surface area (Å²) in [5.74, 6) is -0.196. The van der Waals surface area contributed by atoms with Gasteiger partial charge in [-0.15, -0.1) is 0 Å². The lowest BCUT2D eigenvalue weighted by Crippen LogP contribution is -2.43. The van der Waals surface area contributed by atoms with Gasteiger partial charge in [0, 0.05) is 35.5 Å². The van der Waals surface area contributed by atoms with Crippen molar-refractivity contribution in [3.05, 3.63) is 84.1 Å². The summed E-state index contributed by atoms with van der Waals surface area (Å²) < 4.78 is 6.97. The van der Waals surface area contributed by atoms with E-state index in [0.717, 1.165) is 35.4 Å². The standard InChI is InChI=1S/C26H26N4O2/c1-32-17-28-25(31)20-12-15-30-22(16-20)29-23(24(30)19-6-3-2-4-7-19)18-8-10-21(11-9-18)26(27)13-5-14-26/h2-4,6-12,15-16H,5,13-14,17,27H2,1H3,(H,28,31). The number of pyridine rings is 1. The highest BCUT2D eigenvalue weighted by molar-refractivity contribution is 5.95. The molecule has 5 rings (SSSR count). The first-order chi connectivity index (χ1) is 15.6. The fraction of sp³-hybridized carbons (Fsp3) is 0.231. The average molecular weight is 427 g/mol. The molecule has 1 fully saturated rings. The second kappa shape index (κ2) is 8.22. The number of ether oxygens (including phenoxy) is 1. The zero-order valence-corrected chi connectivity index (χ0v) is 18.0. The van der Waals surface area contributed by atoms with E-state index in [2.05, 4.69) is 41.7 Å². The van der Waals surface area contributed by atoms with E-state index >= 15 is 0 Å². The van der Waals surface area contributed by atoms with Crippen LogP contribution >= 0.6 is 0 Å². The number of amides is 1. The van der Waals surface area contributed by atoms with Gasteiger partial charge in [0.05, 0.1) is 11.4 Å². The van der Waals surface area contributed by atoms with Crippen LogP contribution in [0.2, 0.25) is 0 Å². The van der Waals surface area contributed by atoms with Crippen molar-refractivity contribution in [3.8, 4) is 22.5 Å². The molecule has 32 heavy (non-hydrogen) atoms. The Bertz CT molecular complexity index is 1260. The lowest BCUT2D eigenvalue weighted by Gasteiger charge is -2.38. The Labute approximate surface area is 187 Å². The second-order valence-corrected chi connectivity index (χ2v) is 8.34. The number of rotatable bonds is 6. The molecule has 1 aliphatic carbocycles. The number of nitrogens with zero attached hydrogens (tertiary/aromatic N) is 2. The molecule has 1 amide bonds. The predicted molar refractivity (Wildman–Crippen MR) is 125 cm³/mol. The van der Waals surface area contributed by atoms with Crippen LogP contribution in [-0.2, 0) is 10.3 Å². The Morgan fingerprint density at radius 1 is 1.09 bits per heavy atom. The van der Waals surface area contributed by atoms with E-state index in [1.807, 2.05) is 28.8 Å². The van der Waals surface area contributed by atoms with Crippen LogP contribution in [0.3, 0.4) is 0 Å². The number of hydrogen-bond donors (Lipinski definition) is 2. The number of nitrogens with two attached hydrogens (primary N) is 1. The Kier molecular flexibility index (Phi) is 5.25. The number of fused-ring (bicyclic) bond motifs is 1. The monoisotopic (exact) mass is 426 g/mol. The van der Waals surface area contributed by atoms with Crippen LogP contribution < -0.4 is 11.1 Å². The summed E-state index contributed by atoms with van der Waals surface area (Å²) in [6.45, 7) is 0.161. The number of nitrogens with one attached hydrogen (secondary N) is 1. The van der Waals surface area contributed by atoms with Crippen molar-refractivity contribution in [3.63, 3.8) is 0 Å². The van der Waals surface area contributed by atoms with E-state index in [1.165, 1.54) is 12.0 Å². The summed E-state index contributed by atoms with van der Waals surface area (Å²) in [6, 6.07) is 22.2. The summed E-state index contributed by atoms with van der Waals surface area (Å²) in [5, 5.41) is 2.72. The van der Waals surface area contributed by atoms with Crippen LogP contribution in [0.25, 0.3) is 28.2 Å². The number of methoxy groups -OCH3 is 1. The molecule has 0 unspecified atom stereocenters. The molecule has 2 heterocycles. The number of aromatic nitrogens is 2. The van der Waals surface area contributed by atoms with E-state index in [9.17, 15) is 4.79 Å². The fourth-order valence-electron chi connectivity index (χ4n) is 4.31. The maximum Gasteiger partial charge on any atom is 0.253 e.